The molecule has 3 heterocycles. The quantitative estimate of drug-likeness (QED) is 0.478. The number of aryl methyl sites for hydroxylation is 1. The summed E-state index contributed by atoms with van der Waals surface area (Å²) in [6, 6.07) is 9.82. The number of benzene rings is 1. The zero-order chi connectivity index (χ0) is 25.9. The highest BCUT2D eigenvalue weighted by Gasteiger charge is 2.68. The lowest BCUT2D eigenvalue weighted by atomic mass is 10.0. The average molecular weight is 457 g/mol. The Morgan fingerprint density at radius 2 is 1.97 bits per heavy atom. The Bertz CT molecular complexity index is 1480. The number of aromatic hydroxyl groups is 1. The molecule has 8 nitrogen and oxygen atoms in total. The van der Waals surface area contributed by atoms with Crippen molar-refractivity contribution in [2.45, 2.75) is 19.0 Å². The van der Waals surface area contributed by atoms with Gasteiger partial charge in [0.15, 0.2) is 11.6 Å². The van der Waals surface area contributed by atoms with Gasteiger partial charge in [-0.05, 0) is 12.8 Å². The first-order chi connectivity index (χ1) is 16.9. The van der Waals surface area contributed by atoms with Crippen molar-refractivity contribution in [3.8, 4) is 28.3 Å². The number of fused-ring (bicyclic) bond motifs is 1. The van der Waals surface area contributed by atoms with Gasteiger partial charge >= 0.3 is 6.18 Å². The average Bonchev–Trinajstić information content (AvgIpc) is 3.52. The molecular formula is C22H17F3N6O2. The Hall–Kier alpha value is -4.02. The number of hydrogen-bond acceptors (Lipinski definition) is 6. The summed E-state index contributed by atoms with van der Waals surface area (Å²) in [5, 5.41) is 16.6. The number of rotatable bonds is 4. The van der Waals surface area contributed by atoms with Gasteiger partial charge in [0.25, 0.3) is 0 Å². The van der Waals surface area contributed by atoms with Gasteiger partial charge in [-0.2, -0.15) is 18.3 Å². The Labute approximate surface area is 189 Å². The van der Waals surface area contributed by atoms with Crippen LogP contribution >= 0.6 is 0 Å². The normalized spacial score (nSPS) is 16.6. The van der Waals surface area contributed by atoms with Gasteiger partial charge in [0.1, 0.15) is 28.6 Å². The summed E-state index contributed by atoms with van der Waals surface area (Å²) >= 11 is 0. The first kappa shape index (κ1) is 17.5. The number of alkyl halides is 3. The summed E-state index contributed by atoms with van der Waals surface area (Å²) in [6.45, 7) is -2.61. The molecule has 1 aliphatic carbocycles. The summed E-state index contributed by atoms with van der Waals surface area (Å²) in [5.41, 5.74) is -1.17. The van der Waals surface area contributed by atoms with Crippen molar-refractivity contribution in [3.63, 3.8) is 0 Å². The lowest BCUT2D eigenvalue weighted by Gasteiger charge is -2.18. The maximum Gasteiger partial charge on any atom is 0.403 e. The molecule has 1 saturated carbocycles. The minimum absolute atomic E-state index is 0.0183. The Balaban J connectivity index is 1.65. The van der Waals surface area contributed by atoms with Crippen LogP contribution in [0.5, 0.6) is 5.75 Å². The molecule has 2 N–H and O–H groups in total. The SMILES string of the molecule is [2H]C([2H])([2H])n1cc(-c2ncnc3cc(O)c(NC(=O)C4(C(F)(F)F)CC4)nc23)c(-c2ccccc2)n1. The third-order valence-electron chi connectivity index (χ3n) is 5.57. The van der Waals surface area contributed by atoms with Gasteiger partial charge in [-0.3, -0.25) is 9.48 Å². The molecule has 0 aliphatic heterocycles. The van der Waals surface area contributed by atoms with Gasteiger partial charge in [0, 0.05) is 34.5 Å². The number of halogens is 3. The predicted molar refractivity (Wildman–Crippen MR) is 113 cm³/mol. The number of nitrogens with zero attached hydrogens (tertiary/aromatic N) is 5. The van der Waals surface area contributed by atoms with Crippen molar-refractivity contribution in [1.29, 1.82) is 0 Å². The highest BCUT2D eigenvalue weighted by molar-refractivity contribution is 6.00. The fourth-order valence-electron chi connectivity index (χ4n) is 3.61. The Morgan fingerprint density at radius 3 is 2.64 bits per heavy atom. The van der Waals surface area contributed by atoms with Crippen molar-refractivity contribution in [1.82, 2.24) is 24.7 Å². The number of nitrogens with one attached hydrogen (secondary N) is 1. The van der Waals surface area contributed by atoms with E-state index in [1.807, 2.05) is 0 Å². The number of anilines is 1. The van der Waals surface area contributed by atoms with Crippen molar-refractivity contribution in [2.75, 3.05) is 5.32 Å². The van der Waals surface area contributed by atoms with Crippen LogP contribution in [0.4, 0.5) is 19.0 Å². The molecule has 5 rings (SSSR count). The molecule has 3 aromatic heterocycles. The fourth-order valence-corrected chi connectivity index (χ4v) is 3.61. The van der Waals surface area contributed by atoms with E-state index in [1.165, 1.54) is 12.5 Å². The van der Waals surface area contributed by atoms with Gasteiger partial charge in [-0.25, -0.2) is 15.0 Å². The predicted octanol–water partition coefficient (Wildman–Crippen LogP) is 4.08. The second-order valence-corrected chi connectivity index (χ2v) is 7.68. The van der Waals surface area contributed by atoms with E-state index in [2.05, 4.69) is 25.4 Å². The molecule has 1 amide bonds. The zero-order valence-electron chi connectivity index (χ0n) is 19.8. The van der Waals surface area contributed by atoms with E-state index in [4.69, 9.17) is 4.11 Å². The van der Waals surface area contributed by atoms with Gasteiger partial charge in [0.2, 0.25) is 5.91 Å². The first-order valence-corrected chi connectivity index (χ1v) is 9.79. The highest BCUT2D eigenvalue weighted by atomic mass is 19.4. The summed E-state index contributed by atoms with van der Waals surface area (Å²) in [4.78, 5) is 24.9. The first-order valence-electron chi connectivity index (χ1n) is 11.3. The largest absolute Gasteiger partial charge is 0.504 e. The van der Waals surface area contributed by atoms with Gasteiger partial charge in [-0.15, -0.1) is 0 Å². The van der Waals surface area contributed by atoms with E-state index < -0.39 is 36.0 Å². The van der Waals surface area contributed by atoms with E-state index >= 15 is 0 Å². The molecule has 11 heteroatoms. The topological polar surface area (TPSA) is 106 Å². The minimum atomic E-state index is -4.74. The van der Waals surface area contributed by atoms with Crippen molar-refractivity contribution >= 4 is 22.8 Å². The number of aromatic nitrogens is 5. The van der Waals surface area contributed by atoms with Crippen molar-refractivity contribution in [3.05, 3.63) is 48.9 Å². The molecule has 1 aliphatic rings. The van der Waals surface area contributed by atoms with Crippen LogP contribution in [0, 0.1) is 5.41 Å². The molecular weight excluding hydrogens is 437 g/mol. The maximum atomic E-state index is 13.4. The molecule has 0 radical (unpaired) electrons. The van der Waals surface area contributed by atoms with Gasteiger partial charge < -0.3 is 10.4 Å². The smallest absolute Gasteiger partial charge is 0.403 e. The van der Waals surface area contributed by atoms with E-state index in [-0.39, 0.29) is 40.8 Å². The molecule has 0 unspecified atom stereocenters. The molecule has 0 spiro atoms. The third-order valence-corrected chi connectivity index (χ3v) is 5.57. The molecule has 1 aromatic carbocycles. The molecule has 1 fully saturated rings. The number of carbonyl (C=O) groups is 1. The van der Waals surface area contributed by atoms with Gasteiger partial charge in [-0.1, -0.05) is 30.3 Å². The van der Waals surface area contributed by atoms with E-state index in [0.29, 0.717) is 5.56 Å². The molecule has 0 bridgehead atoms. The van der Waals surface area contributed by atoms with E-state index in [0.717, 1.165) is 10.7 Å². The third kappa shape index (κ3) is 3.45. The van der Waals surface area contributed by atoms with Crippen LogP contribution in [0.1, 0.15) is 17.0 Å². The lowest BCUT2D eigenvalue weighted by Crippen LogP contribution is -2.37. The molecule has 33 heavy (non-hydrogen) atoms. The minimum Gasteiger partial charge on any atom is -0.504 e. The van der Waals surface area contributed by atoms with Crippen LogP contribution in [0.3, 0.4) is 0 Å². The van der Waals surface area contributed by atoms with Crippen LogP contribution < -0.4 is 5.32 Å². The van der Waals surface area contributed by atoms with Crippen LogP contribution in [0.15, 0.2) is 48.9 Å². The van der Waals surface area contributed by atoms with E-state index in [9.17, 15) is 23.1 Å². The molecule has 0 atom stereocenters. The van der Waals surface area contributed by atoms with Crippen molar-refractivity contribution in [2.24, 2.45) is 12.4 Å². The molecule has 168 valence electrons. The summed E-state index contributed by atoms with van der Waals surface area (Å²) in [7, 11) is 0. The van der Waals surface area contributed by atoms with Gasteiger partial charge in [0.05, 0.1) is 5.52 Å². The number of hydrogen-bond donors (Lipinski definition) is 2. The van der Waals surface area contributed by atoms with Crippen molar-refractivity contribution < 1.29 is 27.2 Å². The van der Waals surface area contributed by atoms with Crippen LogP contribution in [-0.4, -0.2) is 41.9 Å². The zero-order valence-corrected chi connectivity index (χ0v) is 16.8. The van der Waals surface area contributed by atoms with Crippen LogP contribution in [0.25, 0.3) is 33.5 Å². The standard InChI is InChI=1S/C22H17F3N6O2/c1-31-10-13(16(30-31)12-5-3-2-4-6-12)17-18-14(26-11-27-17)9-15(32)19(28-18)29-20(33)21(7-8-21)22(23,24)25/h2-6,9-11,32H,7-8H2,1H3,(H,28,29,33)/i1D3. The highest BCUT2D eigenvalue weighted by Crippen LogP contribution is 2.58. The lowest BCUT2D eigenvalue weighted by molar-refractivity contribution is -0.189. The van der Waals surface area contributed by atoms with Crippen LogP contribution in [0.2, 0.25) is 0 Å². The van der Waals surface area contributed by atoms with Crippen LogP contribution in [-0.2, 0) is 11.8 Å². The Morgan fingerprint density at radius 1 is 1.21 bits per heavy atom. The molecule has 0 saturated heterocycles. The summed E-state index contributed by atoms with van der Waals surface area (Å²) in [6.07, 6.45) is -3.04. The fraction of sp³-hybridized carbons (Fsp3) is 0.227. The summed E-state index contributed by atoms with van der Waals surface area (Å²) < 4.78 is 64.1. The maximum absolute atomic E-state index is 13.4. The second-order valence-electron chi connectivity index (χ2n) is 7.68. The number of carbonyl (C=O) groups excluding carboxylic acids is 1. The summed E-state index contributed by atoms with van der Waals surface area (Å²) in [5.74, 6) is -2.40. The number of amides is 1. The molecule has 4 aromatic rings. The Kier molecular flexibility index (Phi) is 3.85. The monoisotopic (exact) mass is 457 g/mol. The van der Waals surface area contributed by atoms with E-state index in [1.54, 1.807) is 30.3 Å². The number of pyridine rings is 1. The second kappa shape index (κ2) is 7.26.